The number of ether oxygens (including phenoxy) is 1. The lowest BCUT2D eigenvalue weighted by Crippen LogP contribution is -2.41. The van der Waals surface area contributed by atoms with Gasteiger partial charge in [0.2, 0.25) is 0 Å². The molecule has 2 fully saturated rings. The van der Waals surface area contributed by atoms with Crippen LogP contribution >= 0.6 is 0 Å². The fourth-order valence-corrected chi connectivity index (χ4v) is 10.8. The summed E-state index contributed by atoms with van der Waals surface area (Å²) < 4.78 is 56.3. The van der Waals surface area contributed by atoms with Gasteiger partial charge in [0.1, 0.15) is 22.9 Å². The number of benzene rings is 3. The zero-order chi connectivity index (χ0) is 44.1. The van der Waals surface area contributed by atoms with E-state index in [0.29, 0.717) is 95.2 Å². The zero-order valence-corrected chi connectivity index (χ0v) is 36.4. The minimum atomic E-state index is -3.26. The molecule has 17 heteroatoms. The number of amides is 1. The lowest BCUT2D eigenvalue weighted by Gasteiger charge is -2.34. The van der Waals surface area contributed by atoms with Crippen molar-refractivity contribution >= 4 is 26.6 Å². The molecule has 3 atom stereocenters. The van der Waals surface area contributed by atoms with Gasteiger partial charge >= 0.3 is 11.4 Å². The number of sulfone groups is 1. The molecule has 4 aromatic heterocycles. The Morgan fingerprint density at radius 3 is 2.30 bits per heavy atom. The Balaban J connectivity index is 1.10. The Morgan fingerprint density at radius 1 is 0.952 bits per heavy atom. The molecule has 7 aromatic rings. The van der Waals surface area contributed by atoms with Crippen molar-refractivity contribution < 1.29 is 26.9 Å². The van der Waals surface area contributed by atoms with Crippen LogP contribution in [0.25, 0.3) is 28.1 Å². The fourth-order valence-electron chi connectivity index (χ4n) is 10.0. The number of nitrogens with one attached hydrogen (secondary N) is 1. The van der Waals surface area contributed by atoms with Crippen LogP contribution in [0.2, 0.25) is 0 Å². The molecule has 3 aliphatic rings. The highest BCUT2D eigenvalue weighted by Crippen LogP contribution is 2.56. The van der Waals surface area contributed by atoms with Gasteiger partial charge in [-0.2, -0.15) is 5.10 Å². The summed E-state index contributed by atoms with van der Waals surface area (Å²) in [5.74, 6) is -0.270. The van der Waals surface area contributed by atoms with E-state index in [-0.39, 0.29) is 23.4 Å². The molecule has 0 bridgehead atoms. The molecule has 3 aromatic carbocycles. The summed E-state index contributed by atoms with van der Waals surface area (Å²) in [6.45, 7) is 9.06. The molecule has 0 spiro atoms. The van der Waals surface area contributed by atoms with Crippen molar-refractivity contribution in [3.63, 3.8) is 0 Å². The summed E-state index contributed by atoms with van der Waals surface area (Å²) in [7, 11) is -3.26. The van der Waals surface area contributed by atoms with Crippen molar-refractivity contribution in [3.05, 3.63) is 145 Å². The van der Waals surface area contributed by atoms with Crippen LogP contribution in [0.5, 0.6) is 0 Å². The summed E-state index contributed by atoms with van der Waals surface area (Å²) in [5.41, 5.74) is 5.04. The van der Waals surface area contributed by atoms with Crippen LogP contribution in [-0.4, -0.2) is 78.9 Å². The first-order chi connectivity index (χ1) is 30.1. The third-order valence-corrected chi connectivity index (χ3v) is 14.1. The van der Waals surface area contributed by atoms with Gasteiger partial charge in [0, 0.05) is 61.3 Å². The van der Waals surface area contributed by atoms with E-state index in [1.807, 2.05) is 17.6 Å². The second-order valence-electron chi connectivity index (χ2n) is 17.5. The van der Waals surface area contributed by atoms with Crippen molar-refractivity contribution in [1.82, 2.24) is 38.5 Å². The molecule has 1 unspecified atom stereocenters. The van der Waals surface area contributed by atoms with Crippen LogP contribution in [0.4, 0.5) is 4.39 Å². The minimum absolute atomic E-state index is 0.0141. The van der Waals surface area contributed by atoms with Crippen LogP contribution in [0.1, 0.15) is 94.9 Å². The molecule has 15 nitrogen and oxygen atoms in total. The molecule has 63 heavy (non-hydrogen) atoms. The highest BCUT2D eigenvalue weighted by atomic mass is 32.2. The predicted octanol–water partition coefficient (Wildman–Crippen LogP) is 6.18. The number of hydrogen-bond acceptors (Lipinski definition) is 9. The molecule has 10 rings (SSSR count). The molecule has 1 aliphatic carbocycles. The lowest BCUT2D eigenvalue weighted by atomic mass is 9.91. The van der Waals surface area contributed by atoms with Crippen LogP contribution in [0.3, 0.4) is 0 Å². The van der Waals surface area contributed by atoms with Crippen molar-refractivity contribution in [3.8, 4) is 17.2 Å². The maximum absolute atomic E-state index is 15.4. The summed E-state index contributed by atoms with van der Waals surface area (Å²) in [4.78, 5) is 46.9. The first kappa shape index (κ1) is 40.7. The maximum atomic E-state index is 15.4. The third-order valence-electron chi connectivity index (χ3n) is 13.3. The summed E-state index contributed by atoms with van der Waals surface area (Å²) in [6.07, 6.45) is 7.25. The second kappa shape index (κ2) is 14.9. The fraction of sp³-hybridized carbons (Fsp3) is 0.370. The molecule has 0 radical (unpaired) electrons. The summed E-state index contributed by atoms with van der Waals surface area (Å²) in [6, 6.07) is 17.8. The third kappa shape index (κ3) is 6.79. The van der Waals surface area contributed by atoms with E-state index in [1.165, 1.54) is 21.0 Å². The Bertz CT molecular complexity index is 3180. The molecule has 1 amide bonds. The number of halogens is 1. The van der Waals surface area contributed by atoms with Crippen LogP contribution in [-0.2, 0) is 32.3 Å². The van der Waals surface area contributed by atoms with Crippen LogP contribution < -0.4 is 11.4 Å². The number of H-pyrrole nitrogens is 1. The molecule has 1 saturated heterocycles. The topological polar surface area (TPSA) is 172 Å². The van der Waals surface area contributed by atoms with Crippen molar-refractivity contribution in [2.75, 3.05) is 26.0 Å². The largest absolute Gasteiger partial charge is 0.438 e. The smallest absolute Gasteiger partial charge is 0.381 e. The Morgan fingerprint density at radius 2 is 1.65 bits per heavy atom. The summed E-state index contributed by atoms with van der Waals surface area (Å²) in [5, 5.41) is 10.1. The number of fused-ring (bicyclic) bond motifs is 2. The Labute approximate surface area is 361 Å². The number of carbonyl (C=O) groups is 1. The average molecular weight is 875 g/mol. The maximum Gasteiger partial charge on any atom is 0.438 e. The van der Waals surface area contributed by atoms with E-state index >= 15 is 9.18 Å². The number of imidazole rings is 1. The van der Waals surface area contributed by atoms with E-state index in [9.17, 15) is 18.0 Å². The van der Waals surface area contributed by atoms with Crippen LogP contribution in [0, 0.1) is 25.6 Å². The molecule has 1 N–H and O–H groups in total. The van der Waals surface area contributed by atoms with Gasteiger partial charge in [-0.1, -0.05) is 30.3 Å². The highest BCUT2D eigenvalue weighted by Gasteiger charge is 2.59. The van der Waals surface area contributed by atoms with E-state index in [0.717, 1.165) is 23.7 Å². The molecule has 2 aliphatic heterocycles. The van der Waals surface area contributed by atoms with Crippen LogP contribution in [0.15, 0.2) is 87.2 Å². The van der Waals surface area contributed by atoms with Crippen molar-refractivity contribution in [2.24, 2.45) is 5.92 Å². The van der Waals surface area contributed by atoms with Gasteiger partial charge in [-0.25, -0.2) is 27.1 Å². The minimum Gasteiger partial charge on any atom is -0.381 e. The molecular formula is C46H47FN8O7S. The molecule has 6 heterocycles. The average Bonchev–Trinajstić information content (AvgIpc) is 3.75. The first-order valence-corrected chi connectivity index (χ1v) is 23.3. The number of nitrogens with zero attached hydrogens (tertiary/aromatic N) is 7. The lowest BCUT2D eigenvalue weighted by molar-refractivity contribution is 0.0663. The second-order valence-corrected chi connectivity index (χ2v) is 19.7. The molecule has 1 saturated carbocycles. The standard InChI is InChI=1S/C46H47FN8O7S/c1-26-20-35(21-27(2)40(26)47)55-41(53-17-16-52(45(53)58)34-9-6-30(7-10-34)25-63(5,59)60)39-29(4)51(15-12-36(39)49-55)42(56)38-23-33-22-32(31-13-18-61-19-14-31)8-11-37(33)54(38)46(24-28(46)3)43-48-44(57)62-50-43/h6-11,16-17,20-23,28-29,31H,12-15,18-19,24-25H2,1-5H3,(H,48,50,57)/t28-,29?,46-/m0/s1. The first-order valence-electron chi connectivity index (χ1n) is 21.2. The van der Waals surface area contributed by atoms with Gasteiger partial charge in [-0.15, -0.1) is 0 Å². The Hall–Kier alpha value is -6.33. The van der Waals surface area contributed by atoms with E-state index in [4.69, 9.17) is 14.4 Å². The molecule has 326 valence electrons. The van der Waals surface area contributed by atoms with Gasteiger partial charge in [-0.3, -0.25) is 23.4 Å². The Kier molecular flexibility index (Phi) is 9.63. The highest BCUT2D eigenvalue weighted by molar-refractivity contribution is 7.89. The van der Waals surface area contributed by atoms with E-state index in [1.54, 1.807) is 72.2 Å². The summed E-state index contributed by atoms with van der Waals surface area (Å²) >= 11 is 0. The molecular weight excluding hydrogens is 828 g/mol. The van der Waals surface area contributed by atoms with Gasteiger partial charge in [-0.05, 0) is 117 Å². The number of carbonyl (C=O) groups excluding carboxylic acids is 1. The van der Waals surface area contributed by atoms with Crippen molar-refractivity contribution in [1.29, 1.82) is 0 Å². The van der Waals surface area contributed by atoms with Gasteiger partial charge < -0.3 is 14.2 Å². The van der Waals surface area contributed by atoms with Gasteiger partial charge in [0.25, 0.3) is 5.91 Å². The van der Waals surface area contributed by atoms with Gasteiger partial charge in [0.05, 0.1) is 28.9 Å². The predicted molar refractivity (Wildman–Crippen MR) is 232 cm³/mol. The quantitative estimate of drug-likeness (QED) is 0.178. The van der Waals surface area contributed by atoms with Gasteiger partial charge in [0.15, 0.2) is 15.7 Å². The number of aryl methyl sites for hydroxylation is 2. The monoisotopic (exact) mass is 874 g/mol. The zero-order valence-electron chi connectivity index (χ0n) is 35.6. The normalized spacial score (nSPS) is 20.4. The number of rotatable bonds is 9. The van der Waals surface area contributed by atoms with E-state index < -0.39 is 32.9 Å². The number of aromatic nitrogens is 7. The number of hydrogen-bond donors (Lipinski definition) is 1. The number of aromatic amines is 1. The van der Waals surface area contributed by atoms with E-state index in [2.05, 4.69) is 35.3 Å². The van der Waals surface area contributed by atoms with Crippen molar-refractivity contribution in [2.45, 2.75) is 76.6 Å². The SMILES string of the molecule is Cc1cc(-n2nc3c(c2-n2ccn(-c4ccc(CS(C)(=O)=O)cc4)c2=O)C(C)N(C(=O)c2cc4cc(C5CCOCC5)ccc4n2[C@@]2(c4noc(=O)[nH]4)C[C@@H]2C)CC3)cc(C)c1F.